The average Bonchev–Trinajstić information content (AvgIpc) is 3.00. The zero-order valence-corrected chi connectivity index (χ0v) is 28.0. The summed E-state index contributed by atoms with van der Waals surface area (Å²) >= 11 is 12.5. The van der Waals surface area contributed by atoms with Crippen LogP contribution in [0.3, 0.4) is 0 Å². The molecule has 4 rings (SSSR count). The summed E-state index contributed by atoms with van der Waals surface area (Å²) < 4.78 is 29.2. The lowest BCUT2D eigenvalue weighted by Gasteiger charge is -2.35. The molecule has 1 N–H and O–H groups in total. The molecule has 10 heteroatoms. The Hall–Kier alpha value is -3.85. The smallest absolute Gasteiger partial charge is 0.264 e. The fourth-order valence-corrected chi connectivity index (χ4v) is 6.56. The summed E-state index contributed by atoms with van der Waals surface area (Å²) in [4.78, 5) is 29.9. The lowest BCUT2D eigenvalue weighted by atomic mass is 10.0. The molecular weight excluding hydrogens is 629 g/mol. The lowest BCUT2D eigenvalue weighted by Crippen LogP contribution is -2.56. The van der Waals surface area contributed by atoms with Crippen LogP contribution in [0.25, 0.3) is 0 Å². The van der Waals surface area contributed by atoms with Crippen LogP contribution in [0.2, 0.25) is 10.0 Å². The molecule has 45 heavy (non-hydrogen) atoms. The molecule has 4 aromatic carbocycles. The van der Waals surface area contributed by atoms with Crippen LogP contribution in [0.4, 0.5) is 5.69 Å². The van der Waals surface area contributed by atoms with Gasteiger partial charge in [0.2, 0.25) is 11.8 Å². The van der Waals surface area contributed by atoms with Gasteiger partial charge in [0, 0.05) is 18.5 Å². The van der Waals surface area contributed by atoms with E-state index < -0.39 is 34.1 Å². The second kappa shape index (κ2) is 14.5. The highest BCUT2D eigenvalue weighted by Crippen LogP contribution is 2.27. The summed E-state index contributed by atoms with van der Waals surface area (Å²) in [5.74, 6) is -0.932. The van der Waals surface area contributed by atoms with Gasteiger partial charge in [-0.15, -0.1) is 0 Å². The highest BCUT2D eigenvalue weighted by atomic mass is 35.5. The number of hydrogen-bond donors (Lipinski definition) is 1. The topological polar surface area (TPSA) is 86.8 Å². The van der Waals surface area contributed by atoms with Gasteiger partial charge in [-0.1, -0.05) is 95.5 Å². The Balaban J connectivity index is 1.82. The molecule has 0 radical (unpaired) electrons. The molecule has 1 atom stereocenters. The molecule has 236 valence electrons. The van der Waals surface area contributed by atoms with E-state index in [9.17, 15) is 18.0 Å². The van der Waals surface area contributed by atoms with E-state index in [1.165, 1.54) is 17.0 Å². The van der Waals surface area contributed by atoms with Crippen molar-refractivity contribution in [2.75, 3.05) is 10.8 Å². The van der Waals surface area contributed by atoms with Crippen molar-refractivity contribution < 1.29 is 18.0 Å². The predicted octanol–water partition coefficient (Wildman–Crippen LogP) is 7.05. The number of hydrogen-bond acceptors (Lipinski definition) is 4. The van der Waals surface area contributed by atoms with E-state index in [1.807, 2.05) is 58.0 Å². The first-order valence-electron chi connectivity index (χ1n) is 14.5. The molecule has 0 saturated carbocycles. The van der Waals surface area contributed by atoms with Crippen molar-refractivity contribution >= 4 is 50.7 Å². The third kappa shape index (κ3) is 9.10. The molecular formula is C35H37Cl2N3O4S. The zero-order chi connectivity index (χ0) is 32.8. The van der Waals surface area contributed by atoms with Crippen molar-refractivity contribution in [1.82, 2.24) is 10.2 Å². The van der Waals surface area contributed by atoms with Crippen LogP contribution in [-0.4, -0.2) is 43.3 Å². The summed E-state index contributed by atoms with van der Waals surface area (Å²) in [6, 6.07) is 28.3. The highest BCUT2D eigenvalue weighted by Gasteiger charge is 2.35. The molecule has 7 nitrogen and oxygen atoms in total. The zero-order valence-electron chi connectivity index (χ0n) is 25.7. The second-order valence-electron chi connectivity index (χ2n) is 11.9. The largest absolute Gasteiger partial charge is 0.350 e. The van der Waals surface area contributed by atoms with Crippen LogP contribution < -0.4 is 9.62 Å². The molecule has 0 fully saturated rings. The Labute approximate surface area is 275 Å². The Kier molecular flexibility index (Phi) is 11.0. The van der Waals surface area contributed by atoms with E-state index in [0.29, 0.717) is 21.3 Å². The van der Waals surface area contributed by atoms with Gasteiger partial charge in [0.25, 0.3) is 10.0 Å². The molecule has 0 saturated heterocycles. The standard InChI is InChI=1S/C35H37Cl2N3O4S/c1-25-15-18-28(19-16-25)40(45(43,44)29-13-9-6-10-14-29)24-33(41)39(23-27-17-20-30(36)31(37)21-27)32(34(42)38-35(2,3)4)22-26-11-7-5-8-12-26/h5-21,32H,22-24H2,1-4H3,(H,38,42)/t32-/m1/s1. The van der Waals surface area contributed by atoms with Crippen LogP contribution in [0.1, 0.15) is 37.5 Å². The Morgan fingerprint density at radius 1 is 0.800 bits per heavy atom. The maximum absolute atomic E-state index is 14.5. The third-order valence-electron chi connectivity index (χ3n) is 7.04. The van der Waals surface area contributed by atoms with Crippen molar-refractivity contribution in [2.24, 2.45) is 0 Å². The number of nitrogens with one attached hydrogen (secondary N) is 1. The maximum atomic E-state index is 14.5. The maximum Gasteiger partial charge on any atom is 0.264 e. The van der Waals surface area contributed by atoms with Gasteiger partial charge in [0.15, 0.2) is 0 Å². The minimum Gasteiger partial charge on any atom is -0.350 e. The van der Waals surface area contributed by atoms with Crippen LogP contribution >= 0.6 is 23.2 Å². The number of anilines is 1. The Bertz CT molecular complexity index is 1730. The van der Waals surface area contributed by atoms with Crippen LogP contribution in [0.15, 0.2) is 108 Å². The number of carbonyl (C=O) groups is 2. The summed E-state index contributed by atoms with van der Waals surface area (Å²) in [7, 11) is -4.17. The molecule has 0 unspecified atom stereocenters. The number of sulfonamides is 1. The number of aryl methyl sites for hydroxylation is 1. The van der Waals surface area contributed by atoms with Crippen LogP contribution in [-0.2, 0) is 32.6 Å². The third-order valence-corrected chi connectivity index (χ3v) is 9.57. The fraction of sp³-hybridized carbons (Fsp3) is 0.257. The van der Waals surface area contributed by atoms with Gasteiger partial charge in [-0.05, 0) is 75.2 Å². The van der Waals surface area contributed by atoms with Gasteiger partial charge in [0.1, 0.15) is 12.6 Å². The normalized spacial score (nSPS) is 12.3. The van der Waals surface area contributed by atoms with Crippen molar-refractivity contribution in [2.45, 2.75) is 57.1 Å². The molecule has 0 aromatic heterocycles. The highest BCUT2D eigenvalue weighted by molar-refractivity contribution is 7.92. The quantitative estimate of drug-likeness (QED) is 0.186. The number of rotatable bonds is 11. The average molecular weight is 667 g/mol. The predicted molar refractivity (Wildman–Crippen MR) is 181 cm³/mol. The Morgan fingerprint density at radius 3 is 1.98 bits per heavy atom. The molecule has 2 amide bonds. The van der Waals surface area contributed by atoms with Gasteiger partial charge < -0.3 is 10.2 Å². The lowest BCUT2D eigenvalue weighted by molar-refractivity contribution is -0.140. The number of benzene rings is 4. The van der Waals surface area contributed by atoms with Crippen LogP contribution in [0, 0.1) is 6.92 Å². The number of halogens is 2. The number of carbonyl (C=O) groups excluding carboxylic acids is 2. The number of nitrogens with zero attached hydrogens (tertiary/aromatic N) is 2. The molecule has 0 heterocycles. The van der Waals surface area contributed by atoms with Crippen molar-refractivity contribution in [1.29, 1.82) is 0 Å². The van der Waals surface area contributed by atoms with Crippen molar-refractivity contribution in [3.63, 3.8) is 0 Å². The number of amides is 2. The van der Waals surface area contributed by atoms with Crippen LogP contribution in [0.5, 0.6) is 0 Å². The summed E-state index contributed by atoms with van der Waals surface area (Å²) in [5, 5.41) is 3.67. The second-order valence-corrected chi connectivity index (χ2v) is 14.6. The fourth-order valence-electron chi connectivity index (χ4n) is 4.80. The first-order valence-corrected chi connectivity index (χ1v) is 16.7. The summed E-state index contributed by atoms with van der Waals surface area (Å²) in [6.07, 6.45) is 0.200. The van der Waals surface area contributed by atoms with E-state index >= 15 is 0 Å². The minimum atomic E-state index is -4.17. The van der Waals surface area contributed by atoms with Gasteiger partial charge in [-0.3, -0.25) is 13.9 Å². The van der Waals surface area contributed by atoms with Gasteiger partial charge in [-0.25, -0.2) is 8.42 Å². The van der Waals surface area contributed by atoms with E-state index in [4.69, 9.17) is 23.2 Å². The first kappa shape index (κ1) is 34.0. The van der Waals surface area contributed by atoms with E-state index in [1.54, 1.807) is 60.7 Å². The van der Waals surface area contributed by atoms with E-state index in [2.05, 4.69) is 5.32 Å². The SMILES string of the molecule is Cc1ccc(N(CC(=O)N(Cc2ccc(Cl)c(Cl)c2)[C@H](Cc2ccccc2)C(=O)NC(C)(C)C)S(=O)(=O)c2ccccc2)cc1. The first-order chi connectivity index (χ1) is 21.2. The van der Waals surface area contributed by atoms with Crippen molar-refractivity contribution in [3.05, 3.63) is 130 Å². The van der Waals surface area contributed by atoms with Gasteiger partial charge >= 0.3 is 0 Å². The van der Waals surface area contributed by atoms with E-state index in [-0.39, 0.29) is 23.8 Å². The molecule has 4 aromatic rings. The molecule has 0 aliphatic rings. The van der Waals surface area contributed by atoms with Crippen molar-refractivity contribution in [3.8, 4) is 0 Å². The van der Waals surface area contributed by atoms with Gasteiger partial charge in [0.05, 0.1) is 20.6 Å². The van der Waals surface area contributed by atoms with E-state index in [0.717, 1.165) is 15.4 Å². The molecule has 0 aliphatic carbocycles. The molecule has 0 aliphatic heterocycles. The molecule has 0 bridgehead atoms. The molecule has 0 spiro atoms. The summed E-state index contributed by atoms with van der Waals surface area (Å²) in [6.45, 7) is 6.92. The monoisotopic (exact) mass is 665 g/mol. The van der Waals surface area contributed by atoms with Gasteiger partial charge in [-0.2, -0.15) is 0 Å². The Morgan fingerprint density at radius 2 is 1.40 bits per heavy atom. The minimum absolute atomic E-state index is 0.0160. The summed E-state index contributed by atoms with van der Waals surface area (Å²) in [5.41, 5.74) is 2.14.